The summed E-state index contributed by atoms with van der Waals surface area (Å²) in [6.45, 7) is 9.04. The summed E-state index contributed by atoms with van der Waals surface area (Å²) in [7, 11) is 1.75. The van der Waals surface area contributed by atoms with Gasteiger partial charge >= 0.3 is 0 Å². The van der Waals surface area contributed by atoms with E-state index in [1.54, 1.807) is 7.11 Å². The SMILES string of the molecule is COc1c(-n2cccn2)cc(C2(C)CC2)cc1C(C)(C)C. The molecule has 0 spiro atoms. The summed E-state index contributed by atoms with van der Waals surface area (Å²) >= 11 is 0. The predicted octanol–water partition coefficient (Wildman–Crippen LogP) is 4.23. The van der Waals surface area contributed by atoms with Crippen molar-refractivity contribution in [3.05, 3.63) is 41.7 Å². The average molecular weight is 284 g/mol. The van der Waals surface area contributed by atoms with Crippen LogP contribution in [0.5, 0.6) is 5.75 Å². The maximum atomic E-state index is 5.75. The standard InChI is InChI=1S/C18H24N2O/c1-17(2,3)14-11-13(18(4)7-8-18)12-15(16(14)21-5)20-10-6-9-19-20/h6,9-12H,7-8H2,1-5H3. The van der Waals surface area contributed by atoms with Crippen molar-refractivity contribution in [2.75, 3.05) is 7.11 Å². The second kappa shape index (κ2) is 4.62. The van der Waals surface area contributed by atoms with Gasteiger partial charge in [0, 0.05) is 18.0 Å². The molecule has 1 aromatic heterocycles. The van der Waals surface area contributed by atoms with Gasteiger partial charge in [-0.05, 0) is 41.4 Å². The first-order chi connectivity index (χ1) is 9.85. The molecule has 1 saturated carbocycles. The number of aromatic nitrogens is 2. The highest BCUT2D eigenvalue weighted by molar-refractivity contribution is 5.58. The number of hydrogen-bond acceptors (Lipinski definition) is 2. The molecule has 0 aliphatic heterocycles. The number of benzene rings is 1. The summed E-state index contributed by atoms with van der Waals surface area (Å²) in [5.74, 6) is 0.930. The lowest BCUT2D eigenvalue weighted by molar-refractivity contribution is 0.394. The minimum atomic E-state index is 0.0362. The minimum Gasteiger partial charge on any atom is -0.494 e. The molecule has 0 N–H and O–H groups in total. The third-order valence-corrected chi connectivity index (χ3v) is 4.53. The maximum Gasteiger partial charge on any atom is 0.148 e. The van der Waals surface area contributed by atoms with Crippen LogP contribution in [-0.2, 0) is 10.8 Å². The molecule has 3 rings (SSSR count). The molecule has 0 atom stereocenters. The molecule has 1 heterocycles. The number of nitrogens with zero attached hydrogens (tertiary/aromatic N) is 2. The van der Waals surface area contributed by atoms with E-state index in [1.165, 1.54) is 24.0 Å². The molecule has 1 aliphatic rings. The first-order valence-electron chi connectivity index (χ1n) is 7.58. The van der Waals surface area contributed by atoms with E-state index in [9.17, 15) is 0 Å². The fourth-order valence-electron chi connectivity index (χ4n) is 2.79. The van der Waals surface area contributed by atoms with Crippen LogP contribution in [0.25, 0.3) is 5.69 Å². The van der Waals surface area contributed by atoms with Crippen LogP contribution in [0.1, 0.15) is 51.7 Å². The average Bonchev–Trinajstić information content (AvgIpc) is 2.97. The van der Waals surface area contributed by atoms with Crippen LogP contribution in [0, 0.1) is 0 Å². The van der Waals surface area contributed by atoms with Gasteiger partial charge in [-0.15, -0.1) is 0 Å². The van der Waals surface area contributed by atoms with Crippen molar-refractivity contribution in [1.29, 1.82) is 0 Å². The molecule has 2 aromatic rings. The zero-order chi connectivity index (χ0) is 15.3. The van der Waals surface area contributed by atoms with E-state index in [4.69, 9.17) is 4.74 Å². The quantitative estimate of drug-likeness (QED) is 0.843. The Kier molecular flexibility index (Phi) is 3.12. The van der Waals surface area contributed by atoms with E-state index in [0.29, 0.717) is 5.41 Å². The Bertz CT molecular complexity index is 647. The van der Waals surface area contributed by atoms with Crippen molar-refractivity contribution >= 4 is 0 Å². The third kappa shape index (κ3) is 2.45. The molecule has 1 aromatic carbocycles. The van der Waals surface area contributed by atoms with Crippen molar-refractivity contribution in [2.24, 2.45) is 0 Å². The number of ether oxygens (including phenoxy) is 1. The van der Waals surface area contributed by atoms with Gasteiger partial charge in [-0.25, -0.2) is 4.68 Å². The van der Waals surface area contributed by atoms with Gasteiger partial charge in [-0.1, -0.05) is 33.8 Å². The highest BCUT2D eigenvalue weighted by atomic mass is 16.5. The van der Waals surface area contributed by atoms with Gasteiger partial charge in [0.05, 0.1) is 7.11 Å². The topological polar surface area (TPSA) is 27.1 Å². The number of hydrogen-bond donors (Lipinski definition) is 0. The van der Waals surface area contributed by atoms with Gasteiger partial charge in [0.2, 0.25) is 0 Å². The molecule has 0 radical (unpaired) electrons. The fourth-order valence-corrected chi connectivity index (χ4v) is 2.79. The van der Waals surface area contributed by atoms with Crippen molar-refractivity contribution in [3.8, 4) is 11.4 Å². The smallest absolute Gasteiger partial charge is 0.148 e. The lowest BCUT2D eigenvalue weighted by atomic mass is 9.82. The van der Waals surface area contributed by atoms with Crippen LogP contribution >= 0.6 is 0 Å². The van der Waals surface area contributed by atoms with Gasteiger partial charge in [-0.3, -0.25) is 0 Å². The Balaban J connectivity index is 2.26. The minimum absolute atomic E-state index is 0.0362. The lowest BCUT2D eigenvalue weighted by Crippen LogP contribution is -2.17. The molecular weight excluding hydrogens is 260 g/mol. The van der Waals surface area contributed by atoms with Gasteiger partial charge < -0.3 is 4.74 Å². The molecule has 0 unspecified atom stereocenters. The molecule has 21 heavy (non-hydrogen) atoms. The van der Waals surface area contributed by atoms with E-state index in [1.807, 2.05) is 23.1 Å². The van der Waals surface area contributed by atoms with E-state index >= 15 is 0 Å². The van der Waals surface area contributed by atoms with E-state index in [2.05, 4.69) is 44.9 Å². The molecule has 0 bridgehead atoms. The first-order valence-corrected chi connectivity index (χ1v) is 7.58. The van der Waals surface area contributed by atoms with Crippen molar-refractivity contribution in [1.82, 2.24) is 9.78 Å². The molecule has 3 nitrogen and oxygen atoms in total. The van der Waals surface area contributed by atoms with E-state index in [0.717, 1.165) is 11.4 Å². The first kappa shape index (κ1) is 14.2. The van der Waals surface area contributed by atoms with Crippen molar-refractivity contribution in [2.45, 2.75) is 51.4 Å². The predicted molar refractivity (Wildman–Crippen MR) is 85.4 cm³/mol. The van der Waals surface area contributed by atoms with Crippen LogP contribution < -0.4 is 4.74 Å². The Morgan fingerprint density at radius 3 is 2.43 bits per heavy atom. The van der Waals surface area contributed by atoms with Crippen molar-refractivity contribution in [3.63, 3.8) is 0 Å². The summed E-state index contributed by atoms with van der Waals surface area (Å²) in [5.41, 5.74) is 4.06. The number of methoxy groups -OCH3 is 1. The second-order valence-corrected chi connectivity index (χ2v) is 7.34. The Hall–Kier alpha value is -1.77. The van der Waals surface area contributed by atoms with Crippen LogP contribution in [0.2, 0.25) is 0 Å². The van der Waals surface area contributed by atoms with Crippen LogP contribution in [-0.4, -0.2) is 16.9 Å². The summed E-state index contributed by atoms with van der Waals surface area (Å²) in [6, 6.07) is 6.52. The van der Waals surface area contributed by atoms with E-state index in [-0.39, 0.29) is 5.41 Å². The van der Waals surface area contributed by atoms with Gasteiger partial charge in [0.1, 0.15) is 11.4 Å². The molecule has 0 amide bonds. The summed E-state index contributed by atoms with van der Waals surface area (Å²) in [5, 5.41) is 4.40. The van der Waals surface area contributed by atoms with Crippen LogP contribution in [0.15, 0.2) is 30.6 Å². The lowest BCUT2D eigenvalue weighted by Gasteiger charge is -2.26. The van der Waals surface area contributed by atoms with Crippen molar-refractivity contribution < 1.29 is 4.74 Å². The number of rotatable bonds is 3. The third-order valence-electron chi connectivity index (χ3n) is 4.53. The zero-order valence-corrected chi connectivity index (χ0v) is 13.6. The molecule has 1 aliphatic carbocycles. The normalized spacial score (nSPS) is 16.8. The molecule has 3 heteroatoms. The monoisotopic (exact) mass is 284 g/mol. The van der Waals surface area contributed by atoms with Gasteiger partial charge in [0.25, 0.3) is 0 Å². The second-order valence-electron chi connectivity index (χ2n) is 7.34. The maximum absolute atomic E-state index is 5.75. The summed E-state index contributed by atoms with van der Waals surface area (Å²) in [4.78, 5) is 0. The molecule has 1 fully saturated rings. The largest absolute Gasteiger partial charge is 0.494 e. The summed E-state index contributed by atoms with van der Waals surface area (Å²) in [6.07, 6.45) is 6.31. The highest BCUT2D eigenvalue weighted by Crippen LogP contribution is 2.50. The Morgan fingerprint density at radius 1 is 1.24 bits per heavy atom. The van der Waals surface area contributed by atoms with Crippen LogP contribution in [0.3, 0.4) is 0 Å². The zero-order valence-electron chi connectivity index (χ0n) is 13.6. The fraction of sp³-hybridized carbons (Fsp3) is 0.500. The van der Waals surface area contributed by atoms with Crippen LogP contribution in [0.4, 0.5) is 0 Å². The Morgan fingerprint density at radius 2 is 1.95 bits per heavy atom. The van der Waals surface area contributed by atoms with Gasteiger partial charge in [0.15, 0.2) is 0 Å². The summed E-state index contributed by atoms with van der Waals surface area (Å²) < 4.78 is 7.66. The highest BCUT2D eigenvalue weighted by Gasteiger charge is 2.40. The molecule has 0 saturated heterocycles. The molecular formula is C18H24N2O. The molecule has 112 valence electrons. The Labute approximate surface area is 126 Å². The van der Waals surface area contributed by atoms with Gasteiger partial charge in [-0.2, -0.15) is 5.10 Å². The van der Waals surface area contributed by atoms with E-state index < -0.39 is 0 Å².